The molecule has 26 heavy (non-hydrogen) atoms. The second kappa shape index (κ2) is 9.15. The highest BCUT2D eigenvalue weighted by molar-refractivity contribution is 6.39. The number of anilines is 1. The molecule has 0 aromatic heterocycles. The van der Waals surface area contributed by atoms with Crippen molar-refractivity contribution in [3.8, 4) is 0 Å². The highest BCUT2D eigenvalue weighted by Crippen LogP contribution is 2.20. The van der Waals surface area contributed by atoms with Gasteiger partial charge >= 0.3 is 11.8 Å². The quantitative estimate of drug-likeness (QED) is 0.780. The summed E-state index contributed by atoms with van der Waals surface area (Å²) in [5.41, 5.74) is 3.83. The van der Waals surface area contributed by atoms with E-state index in [-0.39, 0.29) is 12.6 Å². The summed E-state index contributed by atoms with van der Waals surface area (Å²) in [6.45, 7) is 6.40. The van der Waals surface area contributed by atoms with Gasteiger partial charge in [-0.2, -0.15) is 0 Å². The predicted octanol–water partition coefficient (Wildman–Crippen LogP) is 3.56. The van der Waals surface area contributed by atoms with E-state index < -0.39 is 11.8 Å². The Labute approximate surface area is 154 Å². The van der Waals surface area contributed by atoms with Crippen LogP contribution >= 0.6 is 0 Å². The normalized spacial score (nSPS) is 11.9. The van der Waals surface area contributed by atoms with Crippen LogP contribution in [-0.2, 0) is 14.3 Å². The molecule has 1 unspecified atom stereocenters. The van der Waals surface area contributed by atoms with E-state index in [0.717, 1.165) is 11.1 Å². The Morgan fingerprint density at radius 3 is 2.23 bits per heavy atom. The predicted molar refractivity (Wildman–Crippen MR) is 103 cm³/mol. The molecule has 0 aliphatic heterocycles. The fourth-order valence-corrected chi connectivity index (χ4v) is 2.67. The molecule has 0 saturated carbocycles. The lowest BCUT2D eigenvalue weighted by molar-refractivity contribution is -0.136. The first-order chi connectivity index (χ1) is 12.4. The van der Waals surface area contributed by atoms with Crippen LogP contribution in [0.2, 0.25) is 0 Å². The van der Waals surface area contributed by atoms with Gasteiger partial charge in [0.05, 0.1) is 6.10 Å². The molecule has 0 aliphatic rings. The second-order valence-corrected chi connectivity index (χ2v) is 6.52. The molecule has 1 atom stereocenters. The summed E-state index contributed by atoms with van der Waals surface area (Å²) in [4.78, 5) is 24.2. The average Bonchev–Trinajstić information content (AvgIpc) is 2.63. The average molecular weight is 354 g/mol. The SMILES string of the molecule is COC(CNC(=O)C(=O)Nc1ccc(C(C)C)cc1)c1ccccc1C. The van der Waals surface area contributed by atoms with E-state index in [1.54, 1.807) is 19.2 Å². The molecule has 0 aliphatic carbocycles. The summed E-state index contributed by atoms with van der Waals surface area (Å²) in [6, 6.07) is 15.3. The zero-order valence-corrected chi connectivity index (χ0v) is 15.7. The number of nitrogens with one attached hydrogen (secondary N) is 2. The van der Waals surface area contributed by atoms with Crippen LogP contribution in [-0.4, -0.2) is 25.5 Å². The van der Waals surface area contributed by atoms with E-state index >= 15 is 0 Å². The van der Waals surface area contributed by atoms with Crippen LogP contribution in [0.3, 0.4) is 0 Å². The van der Waals surface area contributed by atoms with Crippen LogP contribution in [0.4, 0.5) is 5.69 Å². The Morgan fingerprint density at radius 1 is 1.00 bits per heavy atom. The van der Waals surface area contributed by atoms with Gasteiger partial charge in [-0.25, -0.2) is 0 Å². The number of benzene rings is 2. The maximum Gasteiger partial charge on any atom is 0.313 e. The highest BCUT2D eigenvalue weighted by atomic mass is 16.5. The molecular weight excluding hydrogens is 328 g/mol. The molecule has 0 heterocycles. The minimum Gasteiger partial charge on any atom is -0.375 e. The van der Waals surface area contributed by atoms with Gasteiger partial charge in [-0.15, -0.1) is 0 Å². The first-order valence-corrected chi connectivity index (χ1v) is 8.69. The summed E-state index contributed by atoms with van der Waals surface area (Å²) < 4.78 is 5.45. The van der Waals surface area contributed by atoms with Crippen molar-refractivity contribution in [2.45, 2.75) is 32.8 Å². The molecule has 0 bridgehead atoms. The standard InChI is InChI=1S/C21H26N2O3/c1-14(2)16-9-11-17(12-10-16)23-21(25)20(24)22-13-19(26-4)18-8-6-5-7-15(18)3/h5-12,14,19H,13H2,1-4H3,(H,22,24)(H,23,25). The Balaban J connectivity index is 1.92. The van der Waals surface area contributed by atoms with E-state index in [9.17, 15) is 9.59 Å². The van der Waals surface area contributed by atoms with Gasteiger partial charge in [0.2, 0.25) is 0 Å². The molecule has 0 fully saturated rings. The number of aryl methyl sites for hydroxylation is 1. The first-order valence-electron chi connectivity index (χ1n) is 8.69. The van der Waals surface area contributed by atoms with E-state index in [4.69, 9.17) is 4.74 Å². The maximum atomic E-state index is 12.1. The lowest BCUT2D eigenvalue weighted by Gasteiger charge is -2.18. The van der Waals surface area contributed by atoms with E-state index in [2.05, 4.69) is 24.5 Å². The third-order valence-corrected chi connectivity index (χ3v) is 4.31. The topological polar surface area (TPSA) is 67.4 Å². The third-order valence-electron chi connectivity index (χ3n) is 4.31. The summed E-state index contributed by atoms with van der Waals surface area (Å²) in [7, 11) is 1.58. The lowest BCUT2D eigenvalue weighted by Crippen LogP contribution is -2.38. The molecule has 2 amide bonds. The number of ether oxygens (including phenoxy) is 1. The fraction of sp³-hybridized carbons (Fsp3) is 0.333. The van der Waals surface area contributed by atoms with Crippen molar-refractivity contribution in [1.82, 2.24) is 5.32 Å². The number of methoxy groups -OCH3 is 1. The van der Waals surface area contributed by atoms with Gasteiger partial charge in [0, 0.05) is 19.3 Å². The van der Waals surface area contributed by atoms with E-state index in [1.165, 1.54) is 5.56 Å². The van der Waals surface area contributed by atoms with Crippen LogP contribution in [0, 0.1) is 6.92 Å². The smallest absolute Gasteiger partial charge is 0.313 e. The zero-order valence-electron chi connectivity index (χ0n) is 15.7. The lowest BCUT2D eigenvalue weighted by atomic mass is 10.0. The van der Waals surface area contributed by atoms with Gasteiger partial charge in [-0.3, -0.25) is 9.59 Å². The summed E-state index contributed by atoms with van der Waals surface area (Å²) >= 11 is 0. The molecule has 2 aromatic carbocycles. The Kier molecular flexibility index (Phi) is 6.92. The molecule has 2 rings (SSSR count). The summed E-state index contributed by atoms with van der Waals surface area (Å²) in [6.07, 6.45) is -0.307. The molecule has 2 N–H and O–H groups in total. The van der Waals surface area contributed by atoms with Gasteiger partial charge in [-0.1, -0.05) is 50.2 Å². The summed E-state index contributed by atoms with van der Waals surface area (Å²) in [5.74, 6) is -0.967. The van der Waals surface area contributed by atoms with Gasteiger partial charge in [-0.05, 0) is 41.7 Å². The molecule has 0 radical (unpaired) electrons. The van der Waals surface area contributed by atoms with Crippen LogP contribution in [0.15, 0.2) is 48.5 Å². The van der Waals surface area contributed by atoms with Crippen molar-refractivity contribution in [2.24, 2.45) is 0 Å². The molecule has 5 nitrogen and oxygen atoms in total. The summed E-state index contributed by atoms with van der Waals surface area (Å²) in [5, 5.41) is 5.24. The van der Waals surface area contributed by atoms with Gasteiger partial charge in [0.25, 0.3) is 0 Å². The van der Waals surface area contributed by atoms with Crippen LogP contribution in [0.25, 0.3) is 0 Å². The number of carbonyl (C=O) groups excluding carboxylic acids is 2. The number of amides is 2. The molecule has 5 heteroatoms. The molecule has 0 saturated heterocycles. The van der Waals surface area contributed by atoms with Crippen molar-refractivity contribution in [3.63, 3.8) is 0 Å². The number of hydrogen-bond acceptors (Lipinski definition) is 3. The third kappa shape index (κ3) is 5.17. The largest absolute Gasteiger partial charge is 0.375 e. The Bertz CT molecular complexity index is 754. The second-order valence-electron chi connectivity index (χ2n) is 6.52. The molecule has 138 valence electrons. The monoisotopic (exact) mass is 354 g/mol. The van der Waals surface area contributed by atoms with Crippen LogP contribution in [0.5, 0.6) is 0 Å². The van der Waals surface area contributed by atoms with Crippen molar-refractivity contribution in [3.05, 3.63) is 65.2 Å². The van der Waals surface area contributed by atoms with Gasteiger partial charge < -0.3 is 15.4 Å². The zero-order chi connectivity index (χ0) is 19.1. The molecular formula is C21H26N2O3. The number of carbonyl (C=O) groups is 2. The fourth-order valence-electron chi connectivity index (χ4n) is 2.67. The van der Waals surface area contributed by atoms with Crippen molar-refractivity contribution >= 4 is 17.5 Å². The van der Waals surface area contributed by atoms with Crippen LogP contribution < -0.4 is 10.6 Å². The van der Waals surface area contributed by atoms with E-state index in [0.29, 0.717) is 11.6 Å². The van der Waals surface area contributed by atoms with Crippen molar-refractivity contribution in [2.75, 3.05) is 19.0 Å². The maximum absolute atomic E-state index is 12.1. The Hall–Kier alpha value is -2.66. The van der Waals surface area contributed by atoms with Crippen molar-refractivity contribution < 1.29 is 14.3 Å². The Morgan fingerprint density at radius 2 is 1.65 bits per heavy atom. The van der Waals surface area contributed by atoms with E-state index in [1.807, 2.05) is 43.3 Å². The van der Waals surface area contributed by atoms with Gasteiger partial charge in [0.15, 0.2) is 0 Å². The number of hydrogen-bond donors (Lipinski definition) is 2. The molecule has 2 aromatic rings. The minimum absolute atomic E-state index is 0.222. The minimum atomic E-state index is -0.693. The van der Waals surface area contributed by atoms with Gasteiger partial charge in [0.1, 0.15) is 0 Å². The molecule has 0 spiro atoms. The first kappa shape index (κ1) is 19.7. The van der Waals surface area contributed by atoms with Crippen LogP contribution in [0.1, 0.15) is 42.6 Å². The number of rotatable bonds is 6. The van der Waals surface area contributed by atoms with Crippen molar-refractivity contribution in [1.29, 1.82) is 0 Å². The highest BCUT2D eigenvalue weighted by Gasteiger charge is 2.18.